The van der Waals surface area contributed by atoms with Crippen molar-refractivity contribution in [2.45, 2.75) is 12.8 Å². The highest BCUT2D eigenvalue weighted by Crippen LogP contribution is 2.23. The molecule has 0 aliphatic carbocycles. The van der Waals surface area contributed by atoms with Gasteiger partial charge < -0.3 is 10.4 Å². The fourth-order valence-corrected chi connectivity index (χ4v) is 1.57. The van der Waals surface area contributed by atoms with Gasteiger partial charge >= 0.3 is 5.97 Å². The van der Waals surface area contributed by atoms with E-state index in [1.807, 2.05) is 0 Å². The van der Waals surface area contributed by atoms with Crippen LogP contribution in [0.2, 0.25) is 0 Å². The molecule has 4 heteroatoms. The number of fused-ring (bicyclic) bond motifs is 1. The molecule has 0 atom stereocenters. The van der Waals surface area contributed by atoms with Gasteiger partial charge in [0.1, 0.15) is 0 Å². The SMILES string of the molecule is O=C(O)Cc1ccc2c(c1)CC(=O)N2. The van der Waals surface area contributed by atoms with E-state index in [0.29, 0.717) is 6.42 Å². The molecule has 1 amide bonds. The molecule has 2 N–H and O–H groups in total. The van der Waals surface area contributed by atoms with E-state index in [-0.39, 0.29) is 12.3 Å². The molecular formula is C10H9NO3. The van der Waals surface area contributed by atoms with Gasteiger partial charge in [0, 0.05) is 5.69 Å². The lowest BCUT2D eigenvalue weighted by Gasteiger charge is -2.00. The number of anilines is 1. The third-order valence-electron chi connectivity index (χ3n) is 2.15. The van der Waals surface area contributed by atoms with Crippen LogP contribution >= 0.6 is 0 Å². The molecule has 1 aliphatic heterocycles. The monoisotopic (exact) mass is 191 g/mol. The first kappa shape index (κ1) is 8.74. The van der Waals surface area contributed by atoms with Crippen LogP contribution < -0.4 is 5.32 Å². The minimum atomic E-state index is -0.859. The van der Waals surface area contributed by atoms with E-state index in [0.717, 1.165) is 16.8 Å². The van der Waals surface area contributed by atoms with Crippen LogP contribution in [0.25, 0.3) is 0 Å². The number of hydrogen-bond acceptors (Lipinski definition) is 2. The van der Waals surface area contributed by atoms with Crippen molar-refractivity contribution in [1.82, 2.24) is 0 Å². The molecule has 1 aliphatic rings. The van der Waals surface area contributed by atoms with Gasteiger partial charge in [-0.25, -0.2) is 0 Å². The van der Waals surface area contributed by atoms with Crippen LogP contribution in [0.4, 0.5) is 5.69 Å². The van der Waals surface area contributed by atoms with Gasteiger partial charge in [-0.1, -0.05) is 12.1 Å². The van der Waals surface area contributed by atoms with Crippen LogP contribution in [0.15, 0.2) is 18.2 Å². The molecule has 0 spiro atoms. The number of amides is 1. The predicted octanol–water partition coefficient (Wildman–Crippen LogP) is 0.808. The molecule has 0 saturated heterocycles. The van der Waals surface area contributed by atoms with Crippen molar-refractivity contribution >= 4 is 17.6 Å². The summed E-state index contributed by atoms with van der Waals surface area (Å²) in [6.07, 6.45) is 0.351. The molecule has 0 fully saturated rings. The van der Waals surface area contributed by atoms with Crippen molar-refractivity contribution in [1.29, 1.82) is 0 Å². The minimum absolute atomic E-state index is 0.00146. The topological polar surface area (TPSA) is 66.4 Å². The first-order chi connectivity index (χ1) is 6.65. The van der Waals surface area contributed by atoms with Crippen molar-refractivity contribution in [3.8, 4) is 0 Å². The number of benzene rings is 1. The molecule has 0 radical (unpaired) electrons. The van der Waals surface area contributed by atoms with Crippen LogP contribution in [0, 0.1) is 0 Å². The van der Waals surface area contributed by atoms with E-state index in [2.05, 4.69) is 5.32 Å². The summed E-state index contributed by atoms with van der Waals surface area (Å²) in [7, 11) is 0. The van der Waals surface area contributed by atoms with Crippen molar-refractivity contribution in [2.75, 3.05) is 5.32 Å². The smallest absolute Gasteiger partial charge is 0.307 e. The Labute approximate surface area is 80.6 Å². The Bertz CT molecular complexity index is 412. The molecule has 4 nitrogen and oxygen atoms in total. The fraction of sp³-hybridized carbons (Fsp3) is 0.200. The van der Waals surface area contributed by atoms with Gasteiger partial charge in [0.25, 0.3) is 0 Å². The van der Waals surface area contributed by atoms with Crippen LogP contribution in [-0.4, -0.2) is 17.0 Å². The molecule has 0 aromatic heterocycles. The molecule has 0 bridgehead atoms. The summed E-state index contributed by atoms with van der Waals surface area (Å²) >= 11 is 0. The average Bonchev–Trinajstić information content (AvgIpc) is 2.42. The third-order valence-corrected chi connectivity index (χ3v) is 2.15. The number of carbonyl (C=O) groups excluding carboxylic acids is 1. The van der Waals surface area contributed by atoms with E-state index in [1.54, 1.807) is 18.2 Å². The van der Waals surface area contributed by atoms with Crippen molar-refractivity contribution in [3.63, 3.8) is 0 Å². The quantitative estimate of drug-likeness (QED) is 0.726. The lowest BCUT2D eigenvalue weighted by atomic mass is 10.1. The predicted molar refractivity (Wildman–Crippen MR) is 50.1 cm³/mol. The Morgan fingerprint density at radius 3 is 3.00 bits per heavy atom. The molecule has 1 aromatic carbocycles. The van der Waals surface area contributed by atoms with Gasteiger partial charge in [-0.05, 0) is 17.2 Å². The molecule has 0 saturated carbocycles. The van der Waals surface area contributed by atoms with Gasteiger partial charge in [-0.15, -0.1) is 0 Å². The number of carboxylic acid groups (broad SMARTS) is 1. The normalized spacial score (nSPS) is 13.6. The second-order valence-electron chi connectivity index (χ2n) is 3.29. The number of aliphatic carboxylic acids is 1. The van der Waals surface area contributed by atoms with Crippen molar-refractivity contribution in [3.05, 3.63) is 29.3 Å². The lowest BCUT2D eigenvalue weighted by Crippen LogP contribution is -2.03. The maximum Gasteiger partial charge on any atom is 0.307 e. The van der Waals surface area contributed by atoms with Gasteiger partial charge in [0.2, 0.25) is 5.91 Å². The van der Waals surface area contributed by atoms with Crippen LogP contribution in [0.5, 0.6) is 0 Å². The van der Waals surface area contributed by atoms with Gasteiger partial charge in [-0.3, -0.25) is 9.59 Å². The van der Waals surface area contributed by atoms with Crippen molar-refractivity contribution in [2.24, 2.45) is 0 Å². The van der Waals surface area contributed by atoms with Crippen LogP contribution in [-0.2, 0) is 22.4 Å². The standard InChI is InChI=1S/C10H9NO3/c12-9-5-7-3-6(4-10(13)14)1-2-8(7)11-9/h1-3H,4-5H2,(H,11,12)(H,13,14). The van der Waals surface area contributed by atoms with Gasteiger partial charge in [0.15, 0.2) is 0 Å². The maximum absolute atomic E-state index is 11.0. The molecule has 1 aromatic rings. The third kappa shape index (κ3) is 1.59. The summed E-state index contributed by atoms with van der Waals surface area (Å²) in [6, 6.07) is 5.23. The highest BCUT2D eigenvalue weighted by atomic mass is 16.4. The molecule has 14 heavy (non-hydrogen) atoms. The van der Waals surface area contributed by atoms with Gasteiger partial charge in [-0.2, -0.15) is 0 Å². The zero-order valence-electron chi connectivity index (χ0n) is 7.41. The second-order valence-corrected chi connectivity index (χ2v) is 3.29. The number of nitrogens with one attached hydrogen (secondary N) is 1. The van der Waals surface area contributed by atoms with E-state index < -0.39 is 5.97 Å². The molecule has 2 rings (SSSR count). The summed E-state index contributed by atoms with van der Waals surface area (Å²) < 4.78 is 0. The minimum Gasteiger partial charge on any atom is -0.481 e. The largest absolute Gasteiger partial charge is 0.481 e. The van der Waals surface area contributed by atoms with Crippen molar-refractivity contribution < 1.29 is 14.7 Å². The van der Waals surface area contributed by atoms with Gasteiger partial charge in [0.05, 0.1) is 12.8 Å². The number of rotatable bonds is 2. The highest BCUT2D eigenvalue weighted by Gasteiger charge is 2.17. The van der Waals surface area contributed by atoms with Crippen LogP contribution in [0.3, 0.4) is 0 Å². The van der Waals surface area contributed by atoms with Crippen LogP contribution in [0.1, 0.15) is 11.1 Å². The summed E-state index contributed by atoms with van der Waals surface area (Å²) in [5.41, 5.74) is 2.41. The maximum atomic E-state index is 11.0. The Morgan fingerprint density at radius 2 is 2.29 bits per heavy atom. The average molecular weight is 191 g/mol. The lowest BCUT2D eigenvalue weighted by molar-refractivity contribution is -0.136. The van der Waals surface area contributed by atoms with E-state index in [4.69, 9.17) is 5.11 Å². The summed E-state index contributed by atoms with van der Waals surface area (Å²) in [5, 5.41) is 11.3. The zero-order valence-corrected chi connectivity index (χ0v) is 7.41. The molecule has 0 unspecified atom stereocenters. The fourth-order valence-electron chi connectivity index (χ4n) is 1.57. The summed E-state index contributed by atoms with van der Waals surface area (Å²) in [6.45, 7) is 0. The van der Waals surface area contributed by atoms with E-state index in [9.17, 15) is 9.59 Å². The zero-order chi connectivity index (χ0) is 10.1. The summed E-state index contributed by atoms with van der Waals surface area (Å²) in [5.74, 6) is -0.894. The number of carboxylic acids is 1. The summed E-state index contributed by atoms with van der Waals surface area (Å²) in [4.78, 5) is 21.5. The first-order valence-electron chi connectivity index (χ1n) is 4.28. The highest BCUT2D eigenvalue weighted by molar-refractivity contribution is 5.99. The Morgan fingerprint density at radius 1 is 1.50 bits per heavy atom. The van der Waals surface area contributed by atoms with E-state index in [1.165, 1.54) is 0 Å². The molecule has 1 heterocycles. The second kappa shape index (κ2) is 3.14. The Kier molecular flexibility index (Phi) is 1.96. The Hall–Kier alpha value is -1.84. The van der Waals surface area contributed by atoms with E-state index >= 15 is 0 Å². The first-order valence-corrected chi connectivity index (χ1v) is 4.28. The Balaban J connectivity index is 2.28. The molecular weight excluding hydrogens is 182 g/mol. The molecule has 72 valence electrons. The number of hydrogen-bond donors (Lipinski definition) is 2. The number of carbonyl (C=O) groups is 2.